The number of pyridine rings is 1. The molecule has 1 heterocycles. The standard InChI is InChI=1S/C8H5F2IN2O/c9-8(10)6-7(14)4(1-2-12)3-5(11)13-6/h3,8,14H,1H2. The molecule has 0 saturated heterocycles. The van der Waals surface area contributed by atoms with Crippen molar-refractivity contribution in [3.63, 3.8) is 0 Å². The lowest BCUT2D eigenvalue weighted by atomic mass is 10.1. The minimum absolute atomic E-state index is 0.107. The molecule has 0 aliphatic rings. The third-order valence-electron chi connectivity index (χ3n) is 1.54. The van der Waals surface area contributed by atoms with Gasteiger partial charge < -0.3 is 5.11 Å². The number of hydrogen-bond acceptors (Lipinski definition) is 3. The minimum Gasteiger partial charge on any atom is -0.505 e. The predicted molar refractivity (Wildman–Crippen MR) is 52.9 cm³/mol. The van der Waals surface area contributed by atoms with Crippen LogP contribution in [0.15, 0.2) is 6.07 Å². The minimum atomic E-state index is -2.83. The first-order chi connectivity index (χ1) is 6.56. The van der Waals surface area contributed by atoms with E-state index in [0.29, 0.717) is 3.70 Å². The summed E-state index contributed by atoms with van der Waals surface area (Å²) >= 11 is 1.76. The van der Waals surface area contributed by atoms with Gasteiger partial charge in [-0.3, -0.25) is 0 Å². The van der Waals surface area contributed by atoms with E-state index in [-0.39, 0.29) is 12.0 Å². The van der Waals surface area contributed by atoms with Gasteiger partial charge in [-0.05, 0) is 28.7 Å². The summed E-state index contributed by atoms with van der Waals surface area (Å²) in [6.07, 6.45) is -2.94. The molecule has 0 aromatic carbocycles. The summed E-state index contributed by atoms with van der Waals surface area (Å²) < 4.78 is 25.0. The molecular weight excluding hydrogens is 305 g/mol. The van der Waals surface area contributed by atoms with Crippen molar-refractivity contribution in [1.82, 2.24) is 4.98 Å². The summed E-state index contributed by atoms with van der Waals surface area (Å²) in [5, 5.41) is 17.7. The largest absolute Gasteiger partial charge is 0.505 e. The highest BCUT2D eigenvalue weighted by Gasteiger charge is 2.18. The van der Waals surface area contributed by atoms with Crippen LogP contribution >= 0.6 is 22.6 Å². The van der Waals surface area contributed by atoms with Gasteiger partial charge >= 0.3 is 0 Å². The van der Waals surface area contributed by atoms with E-state index in [4.69, 9.17) is 5.26 Å². The van der Waals surface area contributed by atoms with E-state index in [1.54, 1.807) is 28.7 Å². The number of aromatic hydroxyl groups is 1. The Labute approximate surface area is 92.5 Å². The van der Waals surface area contributed by atoms with Crippen molar-refractivity contribution in [3.8, 4) is 11.8 Å². The lowest BCUT2D eigenvalue weighted by Gasteiger charge is -2.06. The maximum absolute atomic E-state index is 12.3. The van der Waals surface area contributed by atoms with Crippen molar-refractivity contribution in [1.29, 1.82) is 5.26 Å². The van der Waals surface area contributed by atoms with Gasteiger partial charge in [-0.25, -0.2) is 13.8 Å². The van der Waals surface area contributed by atoms with Crippen molar-refractivity contribution in [2.75, 3.05) is 0 Å². The maximum atomic E-state index is 12.3. The zero-order chi connectivity index (χ0) is 10.7. The summed E-state index contributed by atoms with van der Waals surface area (Å²) in [5.74, 6) is -0.582. The maximum Gasteiger partial charge on any atom is 0.284 e. The van der Waals surface area contributed by atoms with Crippen molar-refractivity contribution in [2.45, 2.75) is 12.8 Å². The molecule has 0 radical (unpaired) electrons. The molecule has 3 nitrogen and oxygen atoms in total. The molecule has 14 heavy (non-hydrogen) atoms. The van der Waals surface area contributed by atoms with E-state index in [0.717, 1.165) is 0 Å². The highest BCUT2D eigenvalue weighted by molar-refractivity contribution is 14.1. The van der Waals surface area contributed by atoms with Gasteiger partial charge in [0.15, 0.2) is 0 Å². The van der Waals surface area contributed by atoms with Crippen LogP contribution in [-0.4, -0.2) is 10.1 Å². The first kappa shape index (κ1) is 11.1. The molecule has 0 unspecified atom stereocenters. The predicted octanol–water partition coefficient (Wildman–Crippen LogP) is 2.40. The van der Waals surface area contributed by atoms with Crippen LogP contribution in [0.1, 0.15) is 17.7 Å². The Morgan fingerprint density at radius 3 is 2.79 bits per heavy atom. The topological polar surface area (TPSA) is 56.9 Å². The number of nitriles is 1. The SMILES string of the molecule is N#CCc1cc(I)nc(C(F)F)c1O. The molecule has 0 spiro atoms. The third-order valence-corrected chi connectivity index (χ3v) is 2.10. The first-order valence-corrected chi connectivity index (χ1v) is 4.67. The number of halogens is 3. The van der Waals surface area contributed by atoms with E-state index in [9.17, 15) is 13.9 Å². The van der Waals surface area contributed by atoms with Gasteiger partial charge in [0.2, 0.25) is 0 Å². The Morgan fingerprint density at radius 1 is 1.64 bits per heavy atom. The van der Waals surface area contributed by atoms with Gasteiger partial charge in [0, 0.05) is 5.56 Å². The Bertz CT molecular complexity index is 390. The second-order valence-electron chi connectivity index (χ2n) is 2.47. The van der Waals surface area contributed by atoms with Crippen molar-refractivity contribution in [2.24, 2.45) is 0 Å². The molecular formula is C8H5F2IN2O. The van der Waals surface area contributed by atoms with Gasteiger partial charge in [0.05, 0.1) is 12.5 Å². The molecule has 1 aromatic rings. The van der Waals surface area contributed by atoms with Crippen LogP contribution < -0.4 is 0 Å². The summed E-state index contributed by atoms with van der Waals surface area (Å²) in [5.41, 5.74) is -0.482. The number of rotatable bonds is 2. The van der Waals surface area contributed by atoms with E-state index in [1.165, 1.54) is 6.07 Å². The number of hydrogen-bond donors (Lipinski definition) is 1. The Balaban J connectivity index is 3.26. The monoisotopic (exact) mass is 310 g/mol. The fourth-order valence-corrected chi connectivity index (χ4v) is 1.58. The quantitative estimate of drug-likeness (QED) is 0.674. The molecule has 1 rings (SSSR count). The van der Waals surface area contributed by atoms with E-state index >= 15 is 0 Å². The van der Waals surface area contributed by atoms with Gasteiger partial charge in [0.25, 0.3) is 6.43 Å². The van der Waals surface area contributed by atoms with Crippen molar-refractivity contribution in [3.05, 3.63) is 21.0 Å². The fraction of sp³-hybridized carbons (Fsp3) is 0.250. The third kappa shape index (κ3) is 2.29. The van der Waals surface area contributed by atoms with Crippen molar-refractivity contribution < 1.29 is 13.9 Å². The zero-order valence-electron chi connectivity index (χ0n) is 6.84. The molecule has 0 fully saturated rings. The molecule has 74 valence electrons. The second-order valence-corrected chi connectivity index (χ2v) is 3.58. The zero-order valence-corrected chi connectivity index (χ0v) is 8.99. The van der Waals surface area contributed by atoms with Crippen LogP contribution in [0.4, 0.5) is 8.78 Å². The number of alkyl halides is 2. The summed E-state index contributed by atoms with van der Waals surface area (Å²) in [6, 6.07) is 3.19. The summed E-state index contributed by atoms with van der Waals surface area (Å²) in [7, 11) is 0. The molecule has 0 aliphatic heterocycles. The van der Waals surface area contributed by atoms with E-state index in [2.05, 4.69) is 4.98 Å². The molecule has 1 aromatic heterocycles. The van der Waals surface area contributed by atoms with Gasteiger partial charge in [0.1, 0.15) is 15.1 Å². The van der Waals surface area contributed by atoms with Crippen LogP contribution in [0.25, 0.3) is 0 Å². The summed E-state index contributed by atoms with van der Waals surface area (Å²) in [6.45, 7) is 0. The molecule has 6 heteroatoms. The highest BCUT2D eigenvalue weighted by atomic mass is 127. The lowest BCUT2D eigenvalue weighted by Crippen LogP contribution is -1.97. The molecule has 0 atom stereocenters. The molecule has 0 amide bonds. The van der Waals surface area contributed by atoms with Gasteiger partial charge in [-0.1, -0.05) is 0 Å². The normalized spacial score (nSPS) is 10.2. The average Bonchev–Trinajstić information content (AvgIpc) is 2.10. The van der Waals surface area contributed by atoms with Gasteiger partial charge in [-0.2, -0.15) is 5.26 Å². The second kappa shape index (κ2) is 4.50. The first-order valence-electron chi connectivity index (χ1n) is 3.59. The van der Waals surface area contributed by atoms with Crippen LogP contribution in [-0.2, 0) is 6.42 Å². The van der Waals surface area contributed by atoms with Crippen LogP contribution in [0.3, 0.4) is 0 Å². The van der Waals surface area contributed by atoms with Crippen LogP contribution in [0.5, 0.6) is 5.75 Å². The summed E-state index contributed by atoms with van der Waals surface area (Å²) in [4.78, 5) is 3.49. The Kier molecular flexibility index (Phi) is 3.57. The molecule has 1 N–H and O–H groups in total. The molecule has 0 bridgehead atoms. The Hall–Kier alpha value is -0.970. The lowest BCUT2D eigenvalue weighted by molar-refractivity contribution is 0.141. The Morgan fingerprint density at radius 2 is 2.29 bits per heavy atom. The van der Waals surface area contributed by atoms with Crippen LogP contribution in [0, 0.1) is 15.0 Å². The van der Waals surface area contributed by atoms with Gasteiger partial charge in [-0.15, -0.1) is 0 Å². The van der Waals surface area contributed by atoms with E-state index < -0.39 is 17.9 Å². The fourth-order valence-electron chi connectivity index (χ4n) is 0.949. The number of nitrogens with zero attached hydrogens (tertiary/aromatic N) is 2. The van der Waals surface area contributed by atoms with Crippen molar-refractivity contribution >= 4 is 22.6 Å². The highest BCUT2D eigenvalue weighted by Crippen LogP contribution is 2.30. The van der Waals surface area contributed by atoms with Crippen LogP contribution in [0.2, 0.25) is 0 Å². The number of aromatic nitrogens is 1. The molecule has 0 aliphatic carbocycles. The van der Waals surface area contributed by atoms with E-state index in [1.807, 2.05) is 0 Å². The smallest absolute Gasteiger partial charge is 0.284 e. The molecule has 0 saturated carbocycles. The average molecular weight is 310 g/mol.